The zero-order valence-electron chi connectivity index (χ0n) is 13.3. The monoisotopic (exact) mass is 301 g/mol. The van der Waals surface area contributed by atoms with Crippen LogP contribution in [0.1, 0.15) is 45.6 Å². The first kappa shape index (κ1) is 15.2. The minimum atomic E-state index is -0.418. The summed E-state index contributed by atoms with van der Waals surface area (Å²) in [7, 11) is -0.418. The summed E-state index contributed by atoms with van der Waals surface area (Å²) in [4.78, 5) is 23.0. The number of hydrogen-bond acceptors (Lipinski definition) is 4. The van der Waals surface area contributed by atoms with Crippen molar-refractivity contribution in [2.24, 2.45) is 0 Å². The van der Waals surface area contributed by atoms with Gasteiger partial charge in [0, 0.05) is 6.42 Å². The maximum absolute atomic E-state index is 11.7. The lowest BCUT2D eigenvalue weighted by molar-refractivity contribution is -0.125. The van der Waals surface area contributed by atoms with Crippen LogP contribution in [0.5, 0.6) is 0 Å². The summed E-state index contributed by atoms with van der Waals surface area (Å²) < 4.78 is 12.0. The van der Waals surface area contributed by atoms with Crippen LogP contribution in [-0.2, 0) is 18.9 Å². The molecule has 2 heterocycles. The molecule has 2 aliphatic rings. The first-order chi connectivity index (χ1) is 10.2. The molecule has 3 rings (SSSR count). The van der Waals surface area contributed by atoms with E-state index in [1.807, 2.05) is 52.0 Å². The summed E-state index contributed by atoms with van der Waals surface area (Å²) in [6, 6.07) is 7.52. The molecular formula is C16H20BNO4. The first-order valence-corrected chi connectivity index (χ1v) is 7.49. The number of amides is 2. The van der Waals surface area contributed by atoms with Gasteiger partial charge in [0.2, 0.25) is 11.8 Å². The van der Waals surface area contributed by atoms with Gasteiger partial charge in [0.15, 0.2) is 0 Å². The zero-order chi connectivity index (χ0) is 16.1. The molecule has 2 saturated heterocycles. The number of carbonyl (C=O) groups excluding carboxylic acids is 2. The van der Waals surface area contributed by atoms with E-state index in [1.165, 1.54) is 0 Å². The topological polar surface area (TPSA) is 64.6 Å². The number of rotatable bonds is 2. The van der Waals surface area contributed by atoms with E-state index in [0.717, 1.165) is 11.0 Å². The molecule has 22 heavy (non-hydrogen) atoms. The van der Waals surface area contributed by atoms with Crippen molar-refractivity contribution < 1.29 is 18.9 Å². The van der Waals surface area contributed by atoms with Gasteiger partial charge >= 0.3 is 7.12 Å². The van der Waals surface area contributed by atoms with Crippen molar-refractivity contribution in [1.82, 2.24) is 5.32 Å². The molecule has 6 heteroatoms. The van der Waals surface area contributed by atoms with Crippen molar-refractivity contribution in [3.63, 3.8) is 0 Å². The van der Waals surface area contributed by atoms with Gasteiger partial charge in [-0.05, 0) is 38.7 Å². The highest BCUT2D eigenvalue weighted by atomic mass is 16.7. The molecule has 1 atom stereocenters. The molecule has 116 valence electrons. The smallest absolute Gasteiger partial charge is 0.399 e. The van der Waals surface area contributed by atoms with Crippen molar-refractivity contribution in [3.8, 4) is 0 Å². The van der Waals surface area contributed by atoms with Crippen LogP contribution < -0.4 is 10.8 Å². The fourth-order valence-electron chi connectivity index (χ4n) is 2.69. The zero-order valence-corrected chi connectivity index (χ0v) is 13.3. The number of benzene rings is 1. The Morgan fingerprint density at radius 1 is 1.05 bits per heavy atom. The molecule has 0 spiro atoms. The predicted molar refractivity (Wildman–Crippen MR) is 82.7 cm³/mol. The third-order valence-electron chi connectivity index (χ3n) is 4.83. The Morgan fingerprint density at radius 2 is 1.59 bits per heavy atom. The SMILES string of the molecule is CC1(C)OB(c2ccc(C3CC(=O)NC3=O)cc2)OC1(C)C. The fourth-order valence-corrected chi connectivity index (χ4v) is 2.69. The Hall–Kier alpha value is -1.66. The molecule has 1 N–H and O–H groups in total. The molecule has 2 aliphatic heterocycles. The maximum atomic E-state index is 11.7. The lowest BCUT2D eigenvalue weighted by Gasteiger charge is -2.32. The van der Waals surface area contributed by atoms with Crippen LogP contribution in [0.3, 0.4) is 0 Å². The molecule has 0 bridgehead atoms. The number of carbonyl (C=O) groups is 2. The average molecular weight is 301 g/mol. The van der Waals surface area contributed by atoms with E-state index in [-0.39, 0.29) is 35.4 Å². The lowest BCUT2D eigenvalue weighted by Crippen LogP contribution is -2.41. The highest BCUT2D eigenvalue weighted by Gasteiger charge is 2.51. The van der Waals surface area contributed by atoms with Gasteiger partial charge in [-0.1, -0.05) is 24.3 Å². The normalized spacial score (nSPS) is 26.4. The van der Waals surface area contributed by atoms with Crippen LogP contribution in [-0.4, -0.2) is 30.1 Å². The van der Waals surface area contributed by atoms with E-state index < -0.39 is 7.12 Å². The first-order valence-electron chi connectivity index (χ1n) is 7.49. The third-order valence-corrected chi connectivity index (χ3v) is 4.83. The Morgan fingerprint density at radius 3 is 2.05 bits per heavy atom. The van der Waals surface area contributed by atoms with Gasteiger partial charge in [0.05, 0.1) is 17.1 Å². The quantitative estimate of drug-likeness (QED) is 0.656. The van der Waals surface area contributed by atoms with Crippen LogP contribution in [0.25, 0.3) is 0 Å². The largest absolute Gasteiger partial charge is 0.494 e. The van der Waals surface area contributed by atoms with Gasteiger partial charge < -0.3 is 9.31 Å². The molecule has 0 saturated carbocycles. The van der Waals surface area contributed by atoms with E-state index >= 15 is 0 Å². The van der Waals surface area contributed by atoms with Crippen molar-refractivity contribution in [2.75, 3.05) is 0 Å². The molecule has 2 fully saturated rings. The molecule has 0 radical (unpaired) electrons. The number of hydrogen-bond donors (Lipinski definition) is 1. The van der Waals surface area contributed by atoms with Crippen molar-refractivity contribution in [2.45, 2.75) is 51.2 Å². The Kier molecular flexibility index (Phi) is 3.42. The van der Waals surface area contributed by atoms with Crippen LogP contribution >= 0.6 is 0 Å². The molecule has 1 aromatic carbocycles. The number of nitrogens with one attached hydrogen (secondary N) is 1. The van der Waals surface area contributed by atoms with E-state index in [9.17, 15) is 9.59 Å². The van der Waals surface area contributed by atoms with E-state index in [2.05, 4.69) is 5.32 Å². The second-order valence-electron chi connectivity index (χ2n) is 6.92. The summed E-state index contributed by atoms with van der Waals surface area (Å²) in [5.74, 6) is -0.835. The average Bonchev–Trinajstić information content (AvgIpc) is 2.86. The van der Waals surface area contributed by atoms with Crippen LogP contribution in [0.2, 0.25) is 0 Å². The molecule has 1 unspecified atom stereocenters. The summed E-state index contributed by atoms with van der Waals surface area (Å²) in [6.07, 6.45) is 0.217. The summed E-state index contributed by atoms with van der Waals surface area (Å²) in [5, 5.41) is 2.33. The number of imide groups is 1. The Bertz CT molecular complexity index is 608. The molecule has 5 nitrogen and oxygen atoms in total. The fraction of sp³-hybridized carbons (Fsp3) is 0.500. The predicted octanol–water partition coefficient (Wildman–Crippen LogP) is 1.12. The van der Waals surface area contributed by atoms with Gasteiger partial charge in [0.25, 0.3) is 0 Å². The van der Waals surface area contributed by atoms with Gasteiger partial charge in [0.1, 0.15) is 0 Å². The van der Waals surface area contributed by atoms with Crippen molar-refractivity contribution in [3.05, 3.63) is 29.8 Å². The Labute approximate surface area is 130 Å². The van der Waals surface area contributed by atoms with Crippen LogP contribution in [0.4, 0.5) is 0 Å². The summed E-state index contributed by atoms with van der Waals surface area (Å²) in [5.41, 5.74) is 0.984. The van der Waals surface area contributed by atoms with Crippen LogP contribution in [0.15, 0.2) is 24.3 Å². The molecular weight excluding hydrogens is 281 g/mol. The molecule has 0 aliphatic carbocycles. The lowest BCUT2D eigenvalue weighted by atomic mass is 9.78. The highest BCUT2D eigenvalue weighted by molar-refractivity contribution is 6.62. The summed E-state index contributed by atoms with van der Waals surface area (Å²) >= 11 is 0. The van der Waals surface area contributed by atoms with E-state index in [1.54, 1.807) is 0 Å². The molecule has 0 aromatic heterocycles. The van der Waals surface area contributed by atoms with Crippen molar-refractivity contribution >= 4 is 24.4 Å². The van der Waals surface area contributed by atoms with Gasteiger partial charge in [-0.2, -0.15) is 0 Å². The van der Waals surface area contributed by atoms with E-state index in [4.69, 9.17) is 9.31 Å². The van der Waals surface area contributed by atoms with Gasteiger partial charge in [-0.15, -0.1) is 0 Å². The van der Waals surface area contributed by atoms with Gasteiger partial charge in [-0.25, -0.2) is 0 Å². The van der Waals surface area contributed by atoms with E-state index in [0.29, 0.717) is 0 Å². The Balaban J connectivity index is 1.78. The molecule has 2 amide bonds. The van der Waals surface area contributed by atoms with Crippen LogP contribution in [0, 0.1) is 0 Å². The second kappa shape index (κ2) is 4.93. The molecule has 1 aromatic rings. The minimum absolute atomic E-state index is 0.217. The van der Waals surface area contributed by atoms with Gasteiger partial charge in [-0.3, -0.25) is 14.9 Å². The maximum Gasteiger partial charge on any atom is 0.494 e. The second-order valence-corrected chi connectivity index (χ2v) is 6.92. The highest BCUT2D eigenvalue weighted by Crippen LogP contribution is 2.36. The summed E-state index contributed by atoms with van der Waals surface area (Å²) in [6.45, 7) is 8.04. The standard InChI is InChI=1S/C16H20BNO4/c1-15(2)16(3,4)22-17(21-15)11-7-5-10(6-8-11)12-9-13(19)18-14(12)20/h5-8,12H,9H2,1-4H3,(H,18,19,20). The minimum Gasteiger partial charge on any atom is -0.399 e. The van der Waals surface area contributed by atoms with Crippen molar-refractivity contribution in [1.29, 1.82) is 0 Å². The third kappa shape index (κ3) is 2.46.